The van der Waals surface area contributed by atoms with Gasteiger partial charge in [-0.3, -0.25) is 9.69 Å². The fourth-order valence-electron chi connectivity index (χ4n) is 4.20. The number of fused-ring (bicyclic) bond motifs is 1. The highest BCUT2D eigenvalue weighted by atomic mass is 16.5. The Bertz CT molecular complexity index is 875. The Labute approximate surface area is 177 Å². The molecule has 3 heterocycles. The predicted octanol–water partition coefficient (Wildman–Crippen LogP) is 1.89. The summed E-state index contributed by atoms with van der Waals surface area (Å²) in [6, 6.07) is 7.30. The minimum atomic E-state index is -0.177. The first kappa shape index (κ1) is 20.8. The molecule has 1 aromatic heterocycles. The average molecular weight is 414 g/mol. The first-order valence-electron chi connectivity index (χ1n) is 10.8. The molecule has 1 amide bonds. The van der Waals surface area contributed by atoms with Crippen LogP contribution in [-0.4, -0.2) is 57.0 Å². The molecular formula is C22H31N5O3. The summed E-state index contributed by atoms with van der Waals surface area (Å²) in [6.07, 6.45) is 1.56. The quantitative estimate of drug-likeness (QED) is 0.751. The molecule has 0 radical (unpaired) electrons. The van der Waals surface area contributed by atoms with Gasteiger partial charge in [0.1, 0.15) is 11.6 Å². The van der Waals surface area contributed by atoms with Gasteiger partial charge in [0.15, 0.2) is 5.82 Å². The van der Waals surface area contributed by atoms with Crippen molar-refractivity contribution < 1.29 is 14.6 Å². The number of hydrogen-bond acceptors (Lipinski definition) is 6. The van der Waals surface area contributed by atoms with Gasteiger partial charge in [0, 0.05) is 44.8 Å². The van der Waals surface area contributed by atoms with Gasteiger partial charge in [-0.1, -0.05) is 32.0 Å². The van der Waals surface area contributed by atoms with Gasteiger partial charge < -0.3 is 19.7 Å². The minimum Gasteiger partial charge on any atom is -0.508 e. The van der Waals surface area contributed by atoms with Crippen LogP contribution in [0.1, 0.15) is 43.5 Å². The number of nitrogens with zero attached hydrogens (tertiary/aromatic N) is 4. The van der Waals surface area contributed by atoms with Crippen molar-refractivity contribution in [3.8, 4) is 5.75 Å². The van der Waals surface area contributed by atoms with E-state index in [0.717, 1.165) is 49.7 Å². The van der Waals surface area contributed by atoms with E-state index in [4.69, 9.17) is 4.74 Å². The maximum Gasteiger partial charge on any atom is 0.226 e. The maximum atomic E-state index is 12.7. The standard InChI is InChI=1S/C22H31N5O3/c1-15(2)20(23-22(29)17-8-12-30-14-17)21-25-24-19-7-9-26(10-11-27(19)21)13-16-5-3-4-6-18(16)28/h3-6,15,17,20,28H,7-14H2,1-2H3,(H,23,29)/t17-,20-/m1/s1. The normalized spacial score (nSPS) is 20.7. The van der Waals surface area contributed by atoms with E-state index in [1.807, 2.05) is 18.2 Å². The first-order valence-corrected chi connectivity index (χ1v) is 10.8. The number of amides is 1. The van der Waals surface area contributed by atoms with Gasteiger partial charge in [-0.15, -0.1) is 10.2 Å². The van der Waals surface area contributed by atoms with Crippen LogP contribution in [-0.2, 0) is 29.0 Å². The van der Waals surface area contributed by atoms with Gasteiger partial charge in [0.25, 0.3) is 0 Å². The molecule has 2 aliphatic rings. The number of nitrogens with one attached hydrogen (secondary N) is 1. The molecule has 0 spiro atoms. The Morgan fingerprint density at radius 1 is 1.27 bits per heavy atom. The zero-order chi connectivity index (χ0) is 21.1. The molecule has 30 heavy (non-hydrogen) atoms. The number of phenols is 1. The third-order valence-corrected chi connectivity index (χ3v) is 6.08. The highest BCUT2D eigenvalue weighted by Crippen LogP contribution is 2.25. The molecule has 1 saturated heterocycles. The van der Waals surface area contributed by atoms with Crippen LogP contribution < -0.4 is 5.32 Å². The lowest BCUT2D eigenvalue weighted by molar-refractivity contribution is -0.126. The summed E-state index contributed by atoms with van der Waals surface area (Å²) in [6.45, 7) is 8.49. The van der Waals surface area contributed by atoms with E-state index in [1.54, 1.807) is 6.07 Å². The number of aromatic nitrogens is 3. The second-order valence-corrected chi connectivity index (χ2v) is 8.57. The van der Waals surface area contributed by atoms with Gasteiger partial charge in [-0.25, -0.2) is 0 Å². The van der Waals surface area contributed by atoms with Crippen LogP contribution in [0.5, 0.6) is 5.75 Å². The van der Waals surface area contributed by atoms with Crippen molar-refractivity contribution >= 4 is 5.91 Å². The fourth-order valence-corrected chi connectivity index (χ4v) is 4.20. The molecule has 4 rings (SSSR count). The van der Waals surface area contributed by atoms with E-state index < -0.39 is 0 Å². The van der Waals surface area contributed by atoms with Crippen LogP contribution in [0.3, 0.4) is 0 Å². The van der Waals surface area contributed by atoms with E-state index in [2.05, 4.69) is 38.8 Å². The minimum absolute atomic E-state index is 0.0401. The third kappa shape index (κ3) is 4.49. The summed E-state index contributed by atoms with van der Waals surface area (Å²) in [5, 5.41) is 22.2. The Hall–Kier alpha value is -2.45. The number of phenolic OH excluding ortho intramolecular Hbond substituents is 1. The van der Waals surface area contributed by atoms with Crippen LogP contribution in [0.2, 0.25) is 0 Å². The second kappa shape index (κ2) is 9.14. The van der Waals surface area contributed by atoms with Crippen molar-refractivity contribution in [3.63, 3.8) is 0 Å². The van der Waals surface area contributed by atoms with Crippen molar-refractivity contribution in [2.75, 3.05) is 26.3 Å². The van der Waals surface area contributed by atoms with Crippen molar-refractivity contribution in [1.29, 1.82) is 0 Å². The smallest absolute Gasteiger partial charge is 0.226 e. The maximum absolute atomic E-state index is 12.7. The lowest BCUT2D eigenvalue weighted by Crippen LogP contribution is -2.38. The second-order valence-electron chi connectivity index (χ2n) is 8.57. The SMILES string of the molecule is CC(C)[C@@H](NC(=O)[C@@H]1CCOC1)c1nnc2n1CCN(Cc1ccccc1O)CC2. The number of aromatic hydroxyl groups is 1. The molecule has 0 unspecified atom stereocenters. The molecule has 0 saturated carbocycles. The number of ether oxygens (including phenoxy) is 1. The average Bonchev–Trinajstić information content (AvgIpc) is 3.36. The van der Waals surface area contributed by atoms with Gasteiger partial charge >= 0.3 is 0 Å². The van der Waals surface area contributed by atoms with Crippen molar-refractivity contribution in [2.45, 2.75) is 45.8 Å². The first-order chi connectivity index (χ1) is 14.5. The Morgan fingerprint density at radius 2 is 2.10 bits per heavy atom. The number of para-hydroxylation sites is 1. The summed E-state index contributed by atoms with van der Waals surface area (Å²) in [5.41, 5.74) is 0.932. The lowest BCUT2D eigenvalue weighted by atomic mass is 10.0. The molecule has 0 bridgehead atoms. The highest BCUT2D eigenvalue weighted by Gasteiger charge is 2.31. The molecule has 2 aromatic rings. The van der Waals surface area contributed by atoms with Crippen LogP contribution in [0, 0.1) is 11.8 Å². The van der Waals surface area contributed by atoms with Crippen molar-refractivity contribution in [3.05, 3.63) is 41.5 Å². The molecule has 2 aliphatic heterocycles. The van der Waals surface area contributed by atoms with Gasteiger partial charge in [0.2, 0.25) is 5.91 Å². The summed E-state index contributed by atoms with van der Waals surface area (Å²) in [5.74, 6) is 2.28. The molecule has 1 aromatic carbocycles. The fraction of sp³-hybridized carbons (Fsp3) is 0.591. The monoisotopic (exact) mass is 413 g/mol. The van der Waals surface area contributed by atoms with Crippen molar-refractivity contribution in [1.82, 2.24) is 25.0 Å². The zero-order valence-corrected chi connectivity index (χ0v) is 17.8. The van der Waals surface area contributed by atoms with E-state index in [0.29, 0.717) is 25.5 Å². The molecule has 0 aliphatic carbocycles. The summed E-state index contributed by atoms with van der Waals surface area (Å²) in [4.78, 5) is 15.0. The Kier molecular flexibility index (Phi) is 6.34. The van der Waals surface area contributed by atoms with E-state index >= 15 is 0 Å². The Balaban J connectivity index is 1.47. The molecule has 8 nitrogen and oxygen atoms in total. The lowest BCUT2D eigenvalue weighted by Gasteiger charge is -2.24. The van der Waals surface area contributed by atoms with Gasteiger partial charge in [0.05, 0.1) is 18.6 Å². The molecule has 2 atom stereocenters. The van der Waals surface area contributed by atoms with Gasteiger partial charge in [-0.05, 0) is 18.4 Å². The Morgan fingerprint density at radius 3 is 2.83 bits per heavy atom. The van der Waals surface area contributed by atoms with Crippen LogP contribution in [0.4, 0.5) is 0 Å². The largest absolute Gasteiger partial charge is 0.508 e. The summed E-state index contributed by atoms with van der Waals surface area (Å²) < 4.78 is 7.54. The van der Waals surface area contributed by atoms with E-state index in [1.165, 1.54) is 0 Å². The molecule has 8 heteroatoms. The van der Waals surface area contributed by atoms with Crippen LogP contribution >= 0.6 is 0 Å². The molecule has 2 N–H and O–H groups in total. The van der Waals surface area contributed by atoms with Crippen molar-refractivity contribution in [2.24, 2.45) is 11.8 Å². The third-order valence-electron chi connectivity index (χ3n) is 6.08. The van der Waals surface area contributed by atoms with Gasteiger partial charge in [-0.2, -0.15) is 0 Å². The highest BCUT2D eigenvalue weighted by molar-refractivity contribution is 5.79. The predicted molar refractivity (Wildman–Crippen MR) is 112 cm³/mol. The summed E-state index contributed by atoms with van der Waals surface area (Å²) in [7, 11) is 0. The molecule has 162 valence electrons. The number of benzene rings is 1. The van der Waals surface area contributed by atoms with Crippen LogP contribution in [0.15, 0.2) is 24.3 Å². The number of rotatable bonds is 6. The summed E-state index contributed by atoms with van der Waals surface area (Å²) >= 11 is 0. The number of carbonyl (C=O) groups excluding carboxylic acids is 1. The molecule has 1 fully saturated rings. The topological polar surface area (TPSA) is 92.5 Å². The van der Waals surface area contributed by atoms with Crippen LogP contribution in [0.25, 0.3) is 0 Å². The molecular weight excluding hydrogens is 382 g/mol. The zero-order valence-electron chi connectivity index (χ0n) is 17.8. The number of carbonyl (C=O) groups is 1. The van der Waals surface area contributed by atoms with E-state index in [-0.39, 0.29) is 23.8 Å². The van der Waals surface area contributed by atoms with E-state index in [9.17, 15) is 9.90 Å². The number of hydrogen-bond donors (Lipinski definition) is 2.